The standard InChI is InChI=1S/C13H24N6O/c1-4-20-9-12-15-11(17-14)7-13(16-12)19-6-5-18(3)8-10(19)2/h7,10H,4-6,8-9,14H2,1-3H3,(H,15,16,17). The third-order valence-electron chi connectivity index (χ3n) is 3.47. The van der Waals surface area contributed by atoms with Crippen molar-refractivity contribution in [3.63, 3.8) is 0 Å². The molecule has 20 heavy (non-hydrogen) atoms. The molecule has 3 N–H and O–H groups in total. The molecule has 1 saturated heterocycles. The number of hydrogen-bond acceptors (Lipinski definition) is 7. The minimum atomic E-state index is 0.404. The van der Waals surface area contributed by atoms with E-state index in [0.29, 0.717) is 30.9 Å². The number of ether oxygens (including phenoxy) is 1. The van der Waals surface area contributed by atoms with E-state index in [1.165, 1.54) is 0 Å². The fourth-order valence-electron chi connectivity index (χ4n) is 2.44. The van der Waals surface area contributed by atoms with E-state index in [1.54, 1.807) is 0 Å². The molecule has 7 heteroatoms. The molecular formula is C13H24N6O. The maximum Gasteiger partial charge on any atom is 0.158 e. The van der Waals surface area contributed by atoms with E-state index in [0.717, 1.165) is 25.5 Å². The quantitative estimate of drug-likeness (QED) is 0.598. The number of rotatable bonds is 5. The van der Waals surface area contributed by atoms with Gasteiger partial charge in [-0.15, -0.1) is 0 Å². The van der Waals surface area contributed by atoms with Crippen molar-refractivity contribution in [3.05, 3.63) is 11.9 Å². The Bertz CT molecular complexity index is 441. The molecular weight excluding hydrogens is 256 g/mol. The van der Waals surface area contributed by atoms with Gasteiger partial charge < -0.3 is 20.0 Å². The van der Waals surface area contributed by atoms with Crippen molar-refractivity contribution in [3.8, 4) is 0 Å². The second kappa shape index (κ2) is 6.83. The van der Waals surface area contributed by atoms with Crippen molar-refractivity contribution in [2.45, 2.75) is 26.5 Å². The molecule has 7 nitrogen and oxygen atoms in total. The highest BCUT2D eigenvalue weighted by molar-refractivity contribution is 5.50. The molecule has 2 heterocycles. The number of nitrogen functional groups attached to an aromatic ring is 1. The van der Waals surface area contributed by atoms with Crippen LogP contribution in [0.15, 0.2) is 6.07 Å². The zero-order valence-electron chi connectivity index (χ0n) is 12.5. The lowest BCUT2D eigenvalue weighted by Gasteiger charge is -2.39. The molecule has 0 radical (unpaired) electrons. The highest BCUT2D eigenvalue weighted by atomic mass is 16.5. The first kappa shape index (κ1) is 15.0. The third kappa shape index (κ3) is 3.56. The summed E-state index contributed by atoms with van der Waals surface area (Å²) >= 11 is 0. The van der Waals surface area contributed by atoms with Crippen LogP contribution < -0.4 is 16.2 Å². The lowest BCUT2D eigenvalue weighted by Crippen LogP contribution is -2.51. The summed E-state index contributed by atoms with van der Waals surface area (Å²) in [6.07, 6.45) is 0. The van der Waals surface area contributed by atoms with Crippen molar-refractivity contribution in [2.75, 3.05) is 43.6 Å². The van der Waals surface area contributed by atoms with Gasteiger partial charge in [0.2, 0.25) is 0 Å². The van der Waals surface area contributed by atoms with Crippen LogP contribution in [0.1, 0.15) is 19.7 Å². The van der Waals surface area contributed by atoms with Crippen LogP contribution in [-0.2, 0) is 11.3 Å². The summed E-state index contributed by atoms with van der Waals surface area (Å²) in [6.45, 7) is 8.21. The number of aromatic nitrogens is 2. The van der Waals surface area contributed by atoms with Crippen LogP contribution in [0.25, 0.3) is 0 Å². The number of nitrogens with zero attached hydrogens (tertiary/aromatic N) is 4. The molecule has 1 atom stereocenters. The molecule has 1 aliphatic rings. The number of hydrazine groups is 1. The van der Waals surface area contributed by atoms with Gasteiger partial charge in [-0.25, -0.2) is 15.8 Å². The summed E-state index contributed by atoms with van der Waals surface area (Å²) in [7, 11) is 2.14. The molecule has 112 valence electrons. The summed E-state index contributed by atoms with van der Waals surface area (Å²) in [6, 6.07) is 2.30. The zero-order valence-corrected chi connectivity index (χ0v) is 12.5. The number of nitrogens with one attached hydrogen (secondary N) is 1. The molecule has 1 fully saturated rings. The number of nitrogens with two attached hydrogens (primary N) is 1. The van der Waals surface area contributed by atoms with Crippen molar-refractivity contribution < 1.29 is 4.74 Å². The Morgan fingerprint density at radius 2 is 2.25 bits per heavy atom. The van der Waals surface area contributed by atoms with Crippen molar-refractivity contribution >= 4 is 11.6 Å². The predicted molar refractivity (Wildman–Crippen MR) is 79.5 cm³/mol. The van der Waals surface area contributed by atoms with E-state index in [9.17, 15) is 0 Å². The van der Waals surface area contributed by atoms with Gasteiger partial charge in [0.1, 0.15) is 18.2 Å². The number of likely N-dealkylation sites (N-methyl/N-ethyl adjacent to an activating group) is 1. The fraction of sp³-hybridized carbons (Fsp3) is 0.692. The minimum absolute atomic E-state index is 0.404. The summed E-state index contributed by atoms with van der Waals surface area (Å²) < 4.78 is 5.38. The Balaban J connectivity index is 2.21. The number of hydrogen-bond donors (Lipinski definition) is 2. The molecule has 1 aliphatic heterocycles. The number of piperazine rings is 1. The maximum atomic E-state index is 5.49. The lowest BCUT2D eigenvalue weighted by molar-refractivity contribution is 0.128. The van der Waals surface area contributed by atoms with Crippen LogP contribution in [-0.4, -0.2) is 54.2 Å². The Labute approximate surface area is 120 Å². The summed E-state index contributed by atoms with van der Waals surface area (Å²) in [5.74, 6) is 7.68. The smallest absolute Gasteiger partial charge is 0.158 e. The minimum Gasteiger partial charge on any atom is -0.374 e. The molecule has 2 rings (SSSR count). The van der Waals surface area contributed by atoms with Gasteiger partial charge in [-0.3, -0.25) is 0 Å². The fourth-order valence-corrected chi connectivity index (χ4v) is 2.44. The van der Waals surface area contributed by atoms with E-state index < -0.39 is 0 Å². The van der Waals surface area contributed by atoms with Gasteiger partial charge in [0.05, 0.1) is 0 Å². The molecule has 0 aromatic carbocycles. The van der Waals surface area contributed by atoms with Crippen LogP contribution >= 0.6 is 0 Å². The van der Waals surface area contributed by atoms with Crippen LogP contribution in [0, 0.1) is 0 Å². The van der Waals surface area contributed by atoms with Gasteiger partial charge in [-0.1, -0.05) is 0 Å². The predicted octanol–water partition coefficient (Wildman–Crippen LogP) is 0.439. The molecule has 1 aromatic heterocycles. The summed E-state index contributed by atoms with van der Waals surface area (Å²) in [5.41, 5.74) is 2.60. The monoisotopic (exact) mass is 280 g/mol. The van der Waals surface area contributed by atoms with Gasteiger partial charge in [0, 0.05) is 38.3 Å². The molecule has 0 saturated carbocycles. The Hall–Kier alpha value is -1.44. The molecule has 1 aromatic rings. The first-order valence-corrected chi connectivity index (χ1v) is 7.01. The Kier molecular flexibility index (Phi) is 5.11. The normalized spacial score (nSPS) is 20.2. The zero-order chi connectivity index (χ0) is 14.5. The van der Waals surface area contributed by atoms with Gasteiger partial charge in [0.15, 0.2) is 5.82 Å². The third-order valence-corrected chi connectivity index (χ3v) is 3.47. The van der Waals surface area contributed by atoms with Gasteiger partial charge in [-0.2, -0.15) is 0 Å². The van der Waals surface area contributed by atoms with E-state index in [1.807, 2.05) is 13.0 Å². The molecule has 0 aliphatic carbocycles. The number of anilines is 2. The second-order valence-corrected chi connectivity index (χ2v) is 5.11. The Morgan fingerprint density at radius 1 is 1.45 bits per heavy atom. The average Bonchev–Trinajstić information content (AvgIpc) is 2.44. The topological polar surface area (TPSA) is 79.5 Å². The molecule has 0 spiro atoms. The van der Waals surface area contributed by atoms with E-state index in [-0.39, 0.29) is 0 Å². The molecule has 0 amide bonds. The Morgan fingerprint density at radius 3 is 2.90 bits per heavy atom. The first-order valence-electron chi connectivity index (χ1n) is 7.01. The lowest BCUT2D eigenvalue weighted by atomic mass is 10.2. The van der Waals surface area contributed by atoms with Gasteiger partial charge >= 0.3 is 0 Å². The highest BCUT2D eigenvalue weighted by Crippen LogP contribution is 2.20. The van der Waals surface area contributed by atoms with Crippen LogP contribution in [0.3, 0.4) is 0 Å². The van der Waals surface area contributed by atoms with Crippen molar-refractivity contribution in [2.24, 2.45) is 5.84 Å². The van der Waals surface area contributed by atoms with Crippen molar-refractivity contribution in [1.29, 1.82) is 0 Å². The van der Waals surface area contributed by atoms with Crippen LogP contribution in [0.4, 0.5) is 11.6 Å². The van der Waals surface area contributed by atoms with E-state index in [2.05, 4.69) is 39.2 Å². The van der Waals surface area contributed by atoms with E-state index in [4.69, 9.17) is 10.6 Å². The summed E-state index contributed by atoms with van der Waals surface area (Å²) in [5, 5.41) is 0. The molecule has 0 bridgehead atoms. The van der Waals surface area contributed by atoms with Crippen molar-refractivity contribution in [1.82, 2.24) is 14.9 Å². The maximum absolute atomic E-state index is 5.49. The second-order valence-electron chi connectivity index (χ2n) is 5.11. The van der Waals surface area contributed by atoms with Crippen LogP contribution in [0.2, 0.25) is 0 Å². The largest absolute Gasteiger partial charge is 0.374 e. The first-order chi connectivity index (χ1) is 9.63. The molecule has 1 unspecified atom stereocenters. The SMILES string of the molecule is CCOCc1nc(NN)cc(N2CCN(C)CC2C)n1. The average molecular weight is 280 g/mol. The van der Waals surface area contributed by atoms with Gasteiger partial charge in [0.25, 0.3) is 0 Å². The summed E-state index contributed by atoms with van der Waals surface area (Å²) in [4.78, 5) is 13.5. The van der Waals surface area contributed by atoms with E-state index >= 15 is 0 Å². The highest BCUT2D eigenvalue weighted by Gasteiger charge is 2.23. The van der Waals surface area contributed by atoms with Crippen LogP contribution in [0.5, 0.6) is 0 Å². The van der Waals surface area contributed by atoms with Gasteiger partial charge in [-0.05, 0) is 20.9 Å².